The zero-order chi connectivity index (χ0) is 66.7. The largest absolute Gasteiger partial charge is 0.278 e. The van der Waals surface area contributed by atoms with Gasteiger partial charge in [0.1, 0.15) is 0 Å². The van der Waals surface area contributed by atoms with Crippen LogP contribution in [-0.2, 0) is 5.41 Å². The van der Waals surface area contributed by atoms with Crippen LogP contribution in [0, 0.1) is 0 Å². The molecule has 1 aliphatic carbocycles. The van der Waals surface area contributed by atoms with Crippen LogP contribution in [-0.4, -0.2) is 19.5 Å². The topological polar surface area (TPSA) is 43.6 Å². The Balaban J connectivity index is 0.892. The molecule has 15 aromatic carbocycles. The third-order valence-electron chi connectivity index (χ3n) is 20.2. The summed E-state index contributed by atoms with van der Waals surface area (Å²) in [5, 5.41) is 2.20. The summed E-state index contributed by atoms with van der Waals surface area (Å²) >= 11 is 0. The SMILES string of the molecule is CC1(C)c2cc(-c3cc(-c4ccccc4)cc(-c4ccccc4)c3)ccc2-c2cc3c4cc(-c5cc(-c6ccccc6)cc(-c6ccccc6)c5)ccc4n(-c4nc(-c5cc(-c6ccccc6)cc(-c6ccccc6)c5)nc(-c5cc(-c6ccccc6)cc(-c6ccccc6)c5)n4)c3cc21. The van der Waals surface area contributed by atoms with Crippen molar-refractivity contribution in [1.82, 2.24) is 19.5 Å². The predicted molar refractivity (Wildman–Crippen MR) is 417 cm³/mol. The average Bonchev–Trinajstić information content (AvgIpc) is 1.54. The van der Waals surface area contributed by atoms with Gasteiger partial charge < -0.3 is 0 Å². The van der Waals surface area contributed by atoms with Crippen LogP contribution in [0.4, 0.5) is 0 Å². The lowest BCUT2D eigenvalue weighted by Gasteiger charge is -2.22. The first-order valence-electron chi connectivity index (χ1n) is 34.4. The summed E-state index contributed by atoms with van der Waals surface area (Å²) in [5.74, 6) is 1.64. The molecule has 0 atom stereocenters. The molecule has 0 amide bonds. The van der Waals surface area contributed by atoms with Gasteiger partial charge >= 0.3 is 0 Å². The van der Waals surface area contributed by atoms with E-state index in [0.29, 0.717) is 17.6 Å². The minimum atomic E-state index is -0.417. The van der Waals surface area contributed by atoms with Crippen molar-refractivity contribution in [2.75, 3.05) is 0 Å². The number of fused-ring (bicyclic) bond motifs is 6. The van der Waals surface area contributed by atoms with Crippen molar-refractivity contribution in [3.05, 3.63) is 375 Å². The second-order valence-corrected chi connectivity index (χ2v) is 26.8. The van der Waals surface area contributed by atoms with E-state index in [1.54, 1.807) is 0 Å². The molecule has 100 heavy (non-hydrogen) atoms. The molecule has 0 spiro atoms. The van der Waals surface area contributed by atoms with Crippen molar-refractivity contribution < 1.29 is 0 Å². The Hall–Kier alpha value is -12.9. The Morgan fingerprint density at radius 2 is 0.470 bits per heavy atom. The molecule has 0 saturated carbocycles. The van der Waals surface area contributed by atoms with Crippen LogP contribution in [0.3, 0.4) is 0 Å². The van der Waals surface area contributed by atoms with Crippen molar-refractivity contribution >= 4 is 21.8 Å². The van der Waals surface area contributed by atoms with E-state index in [-0.39, 0.29) is 0 Å². The maximum atomic E-state index is 5.79. The van der Waals surface area contributed by atoms with E-state index in [4.69, 9.17) is 15.0 Å². The molecule has 1 aliphatic rings. The highest BCUT2D eigenvalue weighted by Crippen LogP contribution is 2.53. The lowest BCUT2D eigenvalue weighted by atomic mass is 9.81. The van der Waals surface area contributed by atoms with E-state index in [0.717, 1.165) is 111 Å². The lowest BCUT2D eigenvalue weighted by Crippen LogP contribution is -2.15. The molecular weight excluding hydrogens is 1210 g/mol. The van der Waals surface area contributed by atoms with Crippen molar-refractivity contribution in [2.45, 2.75) is 19.3 Å². The fraction of sp³-hybridized carbons (Fsp3) is 0.0312. The van der Waals surface area contributed by atoms with Crippen LogP contribution in [0.5, 0.6) is 0 Å². The van der Waals surface area contributed by atoms with E-state index in [1.165, 1.54) is 55.6 Å². The summed E-state index contributed by atoms with van der Waals surface area (Å²) in [6.07, 6.45) is 0. The predicted octanol–water partition coefficient (Wildman–Crippen LogP) is 25.3. The summed E-state index contributed by atoms with van der Waals surface area (Å²) in [5.41, 5.74) is 30.9. The Morgan fingerprint density at radius 3 is 0.800 bits per heavy atom. The minimum Gasteiger partial charge on any atom is -0.278 e. The van der Waals surface area contributed by atoms with Gasteiger partial charge in [-0.3, -0.25) is 4.57 Å². The van der Waals surface area contributed by atoms with Gasteiger partial charge in [-0.1, -0.05) is 275 Å². The van der Waals surface area contributed by atoms with Crippen LogP contribution in [0.1, 0.15) is 25.0 Å². The molecule has 470 valence electrons. The Bertz CT molecular complexity index is 5550. The molecule has 2 heterocycles. The summed E-state index contributed by atoms with van der Waals surface area (Å²) < 4.78 is 2.32. The first-order chi connectivity index (χ1) is 49.3. The molecule has 0 fully saturated rings. The van der Waals surface area contributed by atoms with Crippen molar-refractivity contribution in [3.63, 3.8) is 0 Å². The first-order valence-corrected chi connectivity index (χ1v) is 34.4. The summed E-state index contributed by atoms with van der Waals surface area (Å²) in [6, 6.07) is 132. The van der Waals surface area contributed by atoms with Crippen LogP contribution < -0.4 is 0 Å². The van der Waals surface area contributed by atoms with Gasteiger partial charge in [0.15, 0.2) is 11.6 Å². The summed E-state index contributed by atoms with van der Waals surface area (Å²) in [7, 11) is 0. The maximum absolute atomic E-state index is 5.79. The standard InChI is InChI=1S/C96H66N4/c1-96(2)89-60-72(82-53-75(65-31-15-5-16-32-65)48-76(54-82)66-33-17-6-18-34-66)43-45-85(89)86-61-88-87-59-71(81-51-73(63-27-11-3-12-28-63)47-74(52-81)64-29-13-4-14-30-64)44-46-91(87)100(92(88)62-90(86)96)95-98-93(83-55-77(67-35-19-7-20-36-67)49-78(56-83)68-37-21-8-22-38-68)97-94(99-95)84-57-79(69-39-23-9-24-40-69)50-80(58-84)70-41-25-10-26-42-70/h3-62H,1-2H3. The van der Waals surface area contributed by atoms with E-state index in [9.17, 15) is 0 Å². The first kappa shape index (κ1) is 59.6. The van der Waals surface area contributed by atoms with Crippen molar-refractivity contribution in [3.8, 4) is 151 Å². The highest BCUT2D eigenvalue weighted by molar-refractivity contribution is 6.13. The Morgan fingerprint density at radius 1 is 0.200 bits per heavy atom. The normalized spacial score (nSPS) is 12.2. The third kappa shape index (κ3) is 11.1. The minimum absolute atomic E-state index is 0.417. The molecule has 18 rings (SSSR count). The molecule has 4 nitrogen and oxygen atoms in total. The van der Waals surface area contributed by atoms with E-state index in [2.05, 4.69) is 382 Å². The van der Waals surface area contributed by atoms with Gasteiger partial charge in [0.25, 0.3) is 0 Å². The monoisotopic (exact) mass is 1270 g/mol. The quantitative estimate of drug-likeness (QED) is 0.116. The van der Waals surface area contributed by atoms with Crippen LogP contribution in [0.2, 0.25) is 0 Å². The second kappa shape index (κ2) is 25.0. The number of hydrogen-bond acceptors (Lipinski definition) is 3. The summed E-state index contributed by atoms with van der Waals surface area (Å²) in [4.78, 5) is 17.2. The molecule has 0 bridgehead atoms. The number of benzene rings is 15. The number of aromatic nitrogens is 4. The molecule has 0 aliphatic heterocycles. The lowest BCUT2D eigenvalue weighted by molar-refractivity contribution is 0.661. The molecule has 0 unspecified atom stereocenters. The van der Waals surface area contributed by atoms with Gasteiger partial charge in [-0.05, 0) is 237 Å². The van der Waals surface area contributed by atoms with Gasteiger partial charge in [-0.2, -0.15) is 9.97 Å². The van der Waals surface area contributed by atoms with Gasteiger partial charge in [0.05, 0.1) is 11.0 Å². The van der Waals surface area contributed by atoms with Crippen LogP contribution in [0.25, 0.3) is 173 Å². The zero-order valence-electron chi connectivity index (χ0n) is 55.4. The molecule has 0 N–H and O–H groups in total. The van der Waals surface area contributed by atoms with Crippen molar-refractivity contribution in [2.24, 2.45) is 0 Å². The second-order valence-electron chi connectivity index (χ2n) is 26.8. The van der Waals surface area contributed by atoms with Gasteiger partial charge in [0, 0.05) is 27.3 Å². The van der Waals surface area contributed by atoms with Crippen molar-refractivity contribution in [1.29, 1.82) is 0 Å². The molecule has 4 heteroatoms. The van der Waals surface area contributed by atoms with Crippen LogP contribution >= 0.6 is 0 Å². The van der Waals surface area contributed by atoms with Gasteiger partial charge in [0.2, 0.25) is 5.95 Å². The fourth-order valence-electron chi connectivity index (χ4n) is 15.0. The fourth-order valence-corrected chi connectivity index (χ4v) is 15.0. The van der Waals surface area contributed by atoms with E-state index < -0.39 is 5.41 Å². The molecule has 2 aromatic heterocycles. The smallest absolute Gasteiger partial charge is 0.238 e. The maximum Gasteiger partial charge on any atom is 0.238 e. The third-order valence-corrected chi connectivity index (χ3v) is 20.2. The molecule has 17 aromatic rings. The van der Waals surface area contributed by atoms with E-state index >= 15 is 0 Å². The number of rotatable bonds is 13. The van der Waals surface area contributed by atoms with E-state index in [1.807, 2.05) is 0 Å². The average molecular weight is 1280 g/mol. The highest BCUT2D eigenvalue weighted by atomic mass is 15.2. The summed E-state index contributed by atoms with van der Waals surface area (Å²) in [6.45, 7) is 4.79. The Kier molecular flexibility index (Phi) is 14.9. The Labute approximate surface area is 583 Å². The van der Waals surface area contributed by atoms with Gasteiger partial charge in [-0.15, -0.1) is 0 Å². The van der Waals surface area contributed by atoms with Crippen LogP contribution in [0.15, 0.2) is 364 Å². The zero-order valence-corrected chi connectivity index (χ0v) is 55.4. The molecular formula is C96H66N4. The van der Waals surface area contributed by atoms with Gasteiger partial charge in [-0.25, -0.2) is 4.98 Å². The number of nitrogens with zero attached hydrogens (tertiary/aromatic N) is 4. The molecule has 0 saturated heterocycles. The highest BCUT2D eigenvalue weighted by Gasteiger charge is 2.37. The molecule has 0 radical (unpaired) electrons. The number of hydrogen-bond donors (Lipinski definition) is 0.